The number of anilines is 2. The summed E-state index contributed by atoms with van der Waals surface area (Å²) >= 11 is 0. The molecule has 0 spiro atoms. The molecule has 4 rings (SSSR count). The summed E-state index contributed by atoms with van der Waals surface area (Å²) in [7, 11) is 0. The monoisotopic (exact) mass is 386 g/mol. The van der Waals surface area contributed by atoms with Crippen LogP contribution in [0.15, 0.2) is 72.9 Å². The number of aryl methyl sites for hydroxylation is 1. The van der Waals surface area contributed by atoms with Crippen LogP contribution in [-0.4, -0.2) is 42.0 Å². The third kappa shape index (κ3) is 4.74. The Labute approximate surface area is 172 Å². The zero-order valence-corrected chi connectivity index (χ0v) is 16.7. The highest BCUT2D eigenvalue weighted by molar-refractivity contribution is 5.94. The number of aromatic nitrogens is 1. The zero-order valence-electron chi connectivity index (χ0n) is 16.7. The lowest BCUT2D eigenvalue weighted by Crippen LogP contribution is -2.48. The van der Waals surface area contributed by atoms with Gasteiger partial charge in [0, 0.05) is 44.6 Å². The van der Waals surface area contributed by atoms with E-state index < -0.39 is 0 Å². The summed E-state index contributed by atoms with van der Waals surface area (Å²) in [5.41, 5.74) is 4.30. The molecular formula is C24H26N4O. The number of carbonyl (C=O) groups is 1. The number of carbonyl (C=O) groups excluding carboxylic acids is 1. The first-order valence-electron chi connectivity index (χ1n) is 10.0. The molecule has 0 radical (unpaired) electrons. The molecule has 29 heavy (non-hydrogen) atoms. The number of pyridine rings is 1. The minimum atomic E-state index is 0.0512. The topological polar surface area (TPSA) is 48.5 Å². The SMILES string of the molecule is Cc1ccc(CNc2ccc(C(=O)N3CCN(c4ccccc4)CC3)cn2)cc1. The van der Waals surface area contributed by atoms with Crippen LogP contribution in [0.5, 0.6) is 0 Å². The second-order valence-corrected chi connectivity index (χ2v) is 7.39. The predicted molar refractivity (Wildman–Crippen MR) is 117 cm³/mol. The minimum absolute atomic E-state index is 0.0512. The molecule has 0 bridgehead atoms. The molecule has 0 aliphatic carbocycles. The van der Waals surface area contributed by atoms with Crippen molar-refractivity contribution in [2.24, 2.45) is 0 Å². The van der Waals surface area contributed by atoms with E-state index in [0.717, 1.165) is 32.0 Å². The van der Waals surface area contributed by atoms with E-state index in [-0.39, 0.29) is 5.91 Å². The van der Waals surface area contributed by atoms with Gasteiger partial charge in [-0.05, 0) is 36.8 Å². The number of hydrogen-bond acceptors (Lipinski definition) is 4. The minimum Gasteiger partial charge on any atom is -0.368 e. The molecule has 1 N–H and O–H groups in total. The van der Waals surface area contributed by atoms with E-state index in [1.54, 1.807) is 6.20 Å². The lowest BCUT2D eigenvalue weighted by atomic mass is 10.1. The summed E-state index contributed by atoms with van der Waals surface area (Å²) in [5, 5.41) is 3.31. The van der Waals surface area contributed by atoms with Gasteiger partial charge in [0.05, 0.1) is 5.56 Å². The Morgan fingerprint density at radius 2 is 1.66 bits per heavy atom. The highest BCUT2D eigenvalue weighted by Gasteiger charge is 2.22. The Bertz CT molecular complexity index is 931. The Morgan fingerprint density at radius 3 is 2.31 bits per heavy atom. The summed E-state index contributed by atoms with van der Waals surface area (Å²) in [6, 6.07) is 22.5. The number of nitrogens with one attached hydrogen (secondary N) is 1. The van der Waals surface area contributed by atoms with Gasteiger partial charge in [0.15, 0.2) is 0 Å². The summed E-state index contributed by atoms with van der Waals surface area (Å²) in [4.78, 5) is 21.5. The number of para-hydroxylation sites is 1. The van der Waals surface area contributed by atoms with Crippen LogP contribution in [0.25, 0.3) is 0 Å². The molecule has 2 aromatic carbocycles. The smallest absolute Gasteiger partial charge is 0.255 e. The fraction of sp³-hybridized carbons (Fsp3) is 0.250. The highest BCUT2D eigenvalue weighted by atomic mass is 16.2. The Morgan fingerprint density at radius 1 is 0.931 bits per heavy atom. The molecule has 0 saturated carbocycles. The van der Waals surface area contributed by atoms with E-state index in [2.05, 4.69) is 58.5 Å². The van der Waals surface area contributed by atoms with E-state index in [4.69, 9.17) is 0 Å². The molecule has 0 unspecified atom stereocenters. The summed E-state index contributed by atoms with van der Waals surface area (Å²) in [6.07, 6.45) is 1.67. The van der Waals surface area contributed by atoms with Crippen LogP contribution in [0.4, 0.5) is 11.5 Å². The van der Waals surface area contributed by atoms with Crippen molar-refractivity contribution >= 4 is 17.4 Å². The molecule has 1 aliphatic rings. The van der Waals surface area contributed by atoms with E-state index in [1.807, 2.05) is 35.2 Å². The molecular weight excluding hydrogens is 360 g/mol. The van der Waals surface area contributed by atoms with E-state index >= 15 is 0 Å². The average Bonchev–Trinajstić information content (AvgIpc) is 2.79. The van der Waals surface area contributed by atoms with Gasteiger partial charge in [-0.25, -0.2) is 4.98 Å². The van der Waals surface area contributed by atoms with Crippen molar-refractivity contribution in [2.45, 2.75) is 13.5 Å². The lowest BCUT2D eigenvalue weighted by Gasteiger charge is -2.36. The predicted octanol–water partition coefficient (Wildman–Crippen LogP) is 3.96. The molecule has 2 heterocycles. The standard InChI is InChI=1S/C24H26N4O/c1-19-7-9-20(10-8-19)17-25-23-12-11-21(18-26-23)24(29)28-15-13-27(14-16-28)22-5-3-2-4-6-22/h2-12,18H,13-17H2,1H3,(H,25,26). The van der Waals surface area contributed by atoms with Crippen LogP contribution in [0.2, 0.25) is 0 Å². The number of amides is 1. The van der Waals surface area contributed by atoms with Crippen LogP contribution in [0, 0.1) is 6.92 Å². The van der Waals surface area contributed by atoms with Crippen molar-refractivity contribution in [2.75, 3.05) is 36.4 Å². The number of benzene rings is 2. The van der Waals surface area contributed by atoms with E-state index in [0.29, 0.717) is 12.1 Å². The van der Waals surface area contributed by atoms with Gasteiger partial charge < -0.3 is 15.1 Å². The van der Waals surface area contributed by atoms with Gasteiger partial charge in [0.1, 0.15) is 5.82 Å². The van der Waals surface area contributed by atoms with Gasteiger partial charge in [-0.1, -0.05) is 48.0 Å². The third-order valence-electron chi connectivity index (χ3n) is 5.29. The Kier molecular flexibility index (Phi) is 5.75. The molecule has 1 saturated heterocycles. The van der Waals surface area contributed by atoms with Crippen molar-refractivity contribution in [3.63, 3.8) is 0 Å². The van der Waals surface area contributed by atoms with Crippen LogP contribution in [0.1, 0.15) is 21.5 Å². The third-order valence-corrected chi connectivity index (χ3v) is 5.29. The summed E-state index contributed by atoms with van der Waals surface area (Å²) in [5.74, 6) is 0.825. The molecule has 148 valence electrons. The van der Waals surface area contributed by atoms with Crippen molar-refractivity contribution in [3.05, 3.63) is 89.6 Å². The number of nitrogens with zero attached hydrogens (tertiary/aromatic N) is 3. The number of piperazine rings is 1. The Hall–Kier alpha value is -3.34. The van der Waals surface area contributed by atoms with Crippen LogP contribution in [0.3, 0.4) is 0 Å². The summed E-state index contributed by atoms with van der Waals surface area (Å²) < 4.78 is 0. The van der Waals surface area contributed by atoms with E-state index in [1.165, 1.54) is 16.8 Å². The van der Waals surface area contributed by atoms with Gasteiger partial charge in [-0.2, -0.15) is 0 Å². The normalized spacial score (nSPS) is 14.0. The van der Waals surface area contributed by atoms with Gasteiger partial charge in [-0.3, -0.25) is 4.79 Å². The largest absolute Gasteiger partial charge is 0.368 e. The molecule has 1 amide bonds. The van der Waals surface area contributed by atoms with Crippen molar-refractivity contribution in [3.8, 4) is 0 Å². The van der Waals surface area contributed by atoms with Crippen LogP contribution in [-0.2, 0) is 6.54 Å². The van der Waals surface area contributed by atoms with E-state index in [9.17, 15) is 4.79 Å². The quantitative estimate of drug-likeness (QED) is 0.721. The molecule has 5 heteroatoms. The highest BCUT2D eigenvalue weighted by Crippen LogP contribution is 2.17. The van der Waals surface area contributed by atoms with Gasteiger partial charge >= 0.3 is 0 Å². The first-order valence-corrected chi connectivity index (χ1v) is 10.0. The maximum atomic E-state index is 12.8. The molecule has 1 aromatic heterocycles. The first-order chi connectivity index (χ1) is 14.2. The zero-order chi connectivity index (χ0) is 20.1. The van der Waals surface area contributed by atoms with Crippen molar-refractivity contribution in [1.29, 1.82) is 0 Å². The molecule has 0 atom stereocenters. The maximum absolute atomic E-state index is 12.8. The van der Waals surface area contributed by atoms with Crippen molar-refractivity contribution < 1.29 is 4.79 Å². The first kappa shape index (κ1) is 19.0. The second kappa shape index (κ2) is 8.78. The average molecular weight is 386 g/mol. The Balaban J connectivity index is 1.31. The fourth-order valence-electron chi connectivity index (χ4n) is 3.51. The number of hydrogen-bond donors (Lipinski definition) is 1. The molecule has 3 aromatic rings. The molecule has 1 aliphatic heterocycles. The lowest BCUT2D eigenvalue weighted by molar-refractivity contribution is 0.0746. The second-order valence-electron chi connectivity index (χ2n) is 7.39. The molecule has 1 fully saturated rings. The van der Waals surface area contributed by atoms with Crippen LogP contribution >= 0.6 is 0 Å². The van der Waals surface area contributed by atoms with Crippen molar-refractivity contribution in [1.82, 2.24) is 9.88 Å². The maximum Gasteiger partial charge on any atom is 0.255 e. The van der Waals surface area contributed by atoms with Gasteiger partial charge in [-0.15, -0.1) is 0 Å². The number of rotatable bonds is 5. The van der Waals surface area contributed by atoms with Gasteiger partial charge in [0.2, 0.25) is 0 Å². The van der Waals surface area contributed by atoms with Crippen LogP contribution < -0.4 is 10.2 Å². The van der Waals surface area contributed by atoms with Gasteiger partial charge in [0.25, 0.3) is 5.91 Å². The molecule has 5 nitrogen and oxygen atoms in total. The fourth-order valence-corrected chi connectivity index (χ4v) is 3.51. The summed E-state index contributed by atoms with van der Waals surface area (Å²) in [6.45, 7) is 5.93.